The molecule has 2 aromatic rings. The maximum atomic E-state index is 10.4. The minimum absolute atomic E-state index is 0. The Morgan fingerprint density at radius 3 is 2.65 bits per heavy atom. The van der Waals surface area contributed by atoms with Crippen molar-refractivity contribution >= 4 is 17.3 Å². The van der Waals surface area contributed by atoms with Gasteiger partial charge in [0.1, 0.15) is 11.4 Å². The van der Waals surface area contributed by atoms with E-state index in [-0.39, 0.29) is 18.8 Å². The molecule has 6 heteroatoms. The molecular formula is C11H11ClN2O2S. The second-order valence-corrected chi connectivity index (χ2v) is 4.20. The van der Waals surface area contributed by atoms with Crippen molar-refractivity contribution in [2.24, 2.45) is 0 Å². The Balaban J connectivity index is 0.00000144. The number of aliphatic carboxylic acids is 1. The van der Waals surface area contributed by atoms with Crippen molar-refractivity contribution in [3.05, 3.63) is 36.1 Å². The first-order chi connectivity index (χ1) is 7.75. The molecule has 17 heavy (non-hydrogen) atoms. The molecule has 0 amide bonds. The Labute approximate surface area is 109 Å². The average Bonchev–Trinajstić information content (AvgIpc) is 2.80. The van der Waals surface area contributed by atoms with Gasteiger partial charge in [0.2, 0.25) is 0 Å². The molecule has 4 nitrogen and oxygen atoms in total. The monoisotopic (exact) mass is 270 g/mol. The minimum Gasteiger partial charge on any atom is -1.00 e. The van der Waals surface area contributed by atoms with Gasteiger partial charge in [-0.25, -0.2) is 9.55 Å². The molecule has 2 heterocycles. The van der Waals surface area contributed by atoms with E-state index in [1.807, 2.05) is 34.5 Å². The van der Waals surface area contributed by atoms with E-state index in [1.165, 1.54) is 0 Å². The van der Waals surface area contributed by atoms with Crippen molar-refractivity contribution in [1.29, 1.82) is 0 Å². The first-order valence-corrected chi connectivity index (χ1v) is 5.74. The highest BCUT2D eigenvalue weighted by atomic mass is 35.5. The van der Waals surface area contributed by atoms with Crippen LogP contribution in [-0.4, -0.2) is 16.1 Å². The summed E-state index contributed by atoms with van der Waals surface area (Å²) in [4.78, 5) is 14.6. The number of carboxylic acid groups (broad SMARTS) is 1. The normalized spacial score (nSPS) is 9.65. The summed E-state index contributed by atoms with van der Waals surface area (Å²) in [5, 5.41) is 11.5. The van der Waals surface area contributed by atoms with Gasteiger partial charge in [0.05, 0.1) is 0 Å². The molecular weight excluding hydrogens is 260 g/mol. The fraction of sp³-hybridized carbons (Fsp3) is 0.182. The van der Waals surface area contributed by atoms with Crippen molar-refractivity contribution in [2.45, 2.75) is 13.0 Å². The van der Waals surface area contributed by atoms with Gasteiger partial charge in [-0.15, -0.1) is 11.3 Å². The van der Waals surface area contributed by atoms with Crippen molar-refractivity contribution in [3.8, 4) is 10.6 Å². The Bertz CT molecular complexity index is 471. The summed E-state index contributed by atoms with van der Waals surface area (Å²) < 4.78 is 1.85. The molecule has 2 aromatic heterocycles. The van der Waals surface area contributed by atoms with E-state index in [0.29, 0.717) is 6.54 Å². The number of nitrogens with zero attached hydrogens (tertiary/aromatic N) is 2. The van der Waals surface area contributed by atoms with Gasteiger partial charge < -0.3 is 17.5 Å². The van der Waals surface area contributed by atoms with Crippen LogP contribution in [-0.2, 0) is 11.3 Å². The molecule has 0 aliphatic heterocycles. The number of aryl methyl sites for hydroxylation is 1. The van der Waals surface area contributed by atoms with E-state index in [2.05, 4.69) is 4.98 Å². The number of rotatable bonds is 4. The van der Waals surface area contributed by atoms with Crippen LogP contribution in [0.15, 0.2) is 36.1 Å². The van der Waals surface area contributed by atoms with Crippen LogP contribution in [0, 0.1) is 0 Å². The van der Waals surface area contributed by atoms with Crippen LogP contribution in [0.4, 0.5) is 0 Å². The number of thiazole rings is 1. The fourth-order valence-corrected chi connectivity index (χ4v) is 1.98. The van der Waals surface area contributed by atoms with Crippen LogP contribution in [0.25, 0.3) is 10.6 Å². The summed E-state index contributed by atoms with van der Waals surface area (Å²) in [7, 11) is 0. The predicted octanol–water partition coefficient (Wildman–Crippen LogP) is -1.42. The standard InChI is InChI=1S/C11H10N2O2S.ClH/c14-10(15)3-7-13-5-1-9(2-6-13)11-12-4-8-16-11;/h1-2,4-6,8H,3,7H2;1H. The van der Waals surface area contributed by atoms with Gasteiger partial charge >= 0.3 is 5.97 Å². The third kappa shape index (κ3) is 3.80. The maximum Gasteiger partial charge on any atom is 0.309 e. The molecule has 0 aromatic carbocycles. The largest absolute Gasteiger partial charge is 1.00 e. The van der Waals surface area contributed by atoms with E-state index in [9.17, 15) is 4.79 Å². The summed E-state index contributed by atoms with van der Waals surface area (Å²) in [6, 6.07) is 3.89. The molecule has 90 valence electrons. The molecule has 0 fully saturated rings. The Kier molecular flexibility index (Phi) is 5.06. The van der Waals surface area contributed by atoms with Crippen LogP contribution >= 0.6 is 11.3 Å². The lowest BCUT2D eigenvalue weighted by Gasteiger charge is -1.96. The molecule has 0 radical (unpaired) electrons. The van der Waals surface area contributed by atoms with Crippen molar-refractivity contribution in [3.63, 3.8) is 0 Å². The fourth-order valence-electron chi connectivity index (χ4n) is 1.34. The van der Waals surface area contributed by atoms with Gasteiger partial charge in [-0.2, -0.15) is 0 Å². The van der Waals surface area contributed by atoms with E-state index < -0.39 is 5.97 Å². The lowest BCUT2D eigenvalue weighted by Crippen LogP contribution is -3.00. The zero-order valence-electron chi connectivity index (χ0n) is 8.91. The van der Waals surface area contributed by atoms with Gasteiger partial charge in [0.25, 0.3) is 0 Å². The molecule has 2 rings (SSSR count). The zero-order chi connectivity index (χ0) is 11.4. The van der Waals surface area contributed by atoms with Crippen LogP contribution < -0.4 is 17.0 Å². The highest BCUT2D eigenvalue weighted by molar-refractivity contribution is 7.13. The van der Waals surface area contributed by atoms with E-state index in [4.69, 9.17) is 5.11 Å². The number of aromatic nitrogens is 2. The number of pyridine rings is 1. The average molecular weight is 271 g/mol. The number of carbonyl (C=O) groups is 1. The van der Waals surface area contributed by atoms with E-state index in [1.54, 1.807) is 17.5 Å². The molecule has 0 atom stereocenters. The lowest BCUT2D eigenvalue weighted by molar-refractivity contribution is -0.695. The molecule has 1 N–H and O–H groups in total. The number of hydrogen-bond acceptors (Lipinski definition) is 3. The van der Waals surface area contributed by atoms with Crippen molar-refractivity contribution in [2.75, 3.05) is 0 Å². The van der Waals surface area contributed by atoms with Gasteiger partial charge in [0.15, 0.2) is 18.9 Å². The van der Waals surface area contributed by atoms with Gasteiger partial charge in [-0.1, -0.05) is 0 Å². The van der Waals surface area contributed by atoms with Gasteiger partial charge in [-0.3, -0.25) is 4.79 Å². The first-order valence-electron chi connectivity index (χ1n) is 4.86. The summed E-state index contributed by atoms with van der Waals surface area (Å²) in [6.45, 7) is 0.494. The van der Waals surface area contributed by atoms with Crippen LogP contribution in [0.3, 0.4) is 0 Å². The van der Waals surface area contributed by atoms with Crippen LogP contribution in [0.1, 0.15) is 6.42 Å². The van der Waals surface area contributed by atoms with Gasteiger partial charge in [-0.05, 0) is 0 Å². The Hall–Kier alpha value is -1.46. The summed E-state index contributed by atoms with van der Waals surface area (Å²) >= 11 is 1.59. The third-order valence-corrected chi connectivity index (χ3v) is 2.98. The number of carboxylic acids is 1. The highest BCUT2D eigenvalue weighted by Crippen LogP contribution is 2.19. The molecule has 0 bridgehead atoms. The van der Waals surface area contributed by atoms with E-state index in [0.717, 1.165) is 10.6 Å². The SMILES string of the molecule is O=C(O)CC[n+]1ccc(-c2nccs2)cc1.[Cl-]. The van der Waals surface area contributed by atoms with Crippen LogP contribution in [0.5, 0.6) is 0 Å². The lowest BCUT2D eigenvalue weighted by atomic mass is 10.3. The highest BCUT2D eigenvalue weighted by Gasteiger charge is 2.06. The second kappa shape index (κ2) is 6.32. The molecule has 0 saturated carbocycles. The summed E-state index contributed by atoms with van der Waals surface area (Å²) in [5.41, 5.74) is 1.06. The zero-order valence-corrected chi connectivity index (χ0v) is 10.5. The quantitative estimate of drug-likeness (QED) is 0.694. The Morgan fingerprint density at radius 2 is 2.12 bits per heavy atom. The Morgan fingerprint density at radius 1 is 1.41 bits per heavy atom. The molecule has 0 aliphatic rings. The molecule has 0 unspecified atom stereocenters. The van der Waals surface area contributed by atoms with Crippen molar-refractivity contribution < 1.29 is 26.9 Å². The number of hydrogen-bond donors (Lipinski definition) is 1. The molecule has 0 spiro atoms. The maximum absolute atomic E-state index is 10.4. The summed E-state index contributed by atoms with van der Waals surface area (Å²) in [6.07, 6.45) is 5.66. The minimum atomic E-state index is -0.781. The third-order valence-electron chi connectivity index (χ3n) is 2.15. The smallest absolute Gasteiger partial charge is 0.309 e. The molecule has 0 saturated heterocycles. The summed E-state index contributed by atoms with van der Waals surface area (Å²) in [5.74, 6) is -0.781. The van der Waals surface area contributed by atoms with E-state index >= 15 is 0 Å². The van der Waals surface area contributed by atoms with Gasteiger partial charge in [0, 0.05) is 29.3 Å². The molecule has 0 aliphatic carbocycles. The van der Waals surface area contributed by atoms with Crippen LogP contribution in [0.2, 0.25) is 0 Å². The first kappa shape index (κ1) is 13.6. The predicted molar refractivity (Wildman–Crippen MR) is 60.0 cm³/mol. The van der Waals surface area contributed by atoms with Crippen molar-refractivity contribution in [1.82, 2.24) is 4.98 Å². The second-order valence-electron chi connectivity index (χ2n) is 3.31. The topological polar surface area (TPSA) is 54.1 Å². The number of halogens is 1.